The van der Waals surface area contributed by atoms with E-state index in [1.165, 1.54) is 69.1 Å². The van der Waals surface area contributed by atoms with Gasteiger partial charge in [-0.25, -0.2) is 13.2 Å². The van der Waals surface area contributed by atoms with Crippen LogP contribution in [0.1, 0.15) is 88.4 Å². The van der Waals surface area contributed by atoms with Crippen LogP contribution in [0.3, 0.4) is 0 Å². The maximum atomic E-state index is 13.8. The highest BCUT2D eigenvalue weighted by atomic mass is 19.3. The number of halogens is 3. The van der Waals surface area contributed by atoms with Crippen molar-refractivity contribution in [1.29, 1.82) is 0 Å². The highest BCUT2D eigenvalue weighted by molar-refractivity contribution is 5.64. The van der Waals surface area contributed by atoms with Crippen molar-refractivity contribution in [3.8, 4) is 11.1 Å². The summed E-state index contributed by atoms with van der Waals surface area (Å²) in [5.41, 5.74) is 3.37. The summed E-state index contributed by atoms with van der Waals surface area (Å²) >= 11 is 0. The lowest BCUT2D eigenvalue weighted by Crippen LogP contribution is -2.18. The van der Waals surface area contributed by atoms with E-state index in [1.54, 1.807) is 12.1 Å². The molecule has 0 bridgehead atoms. The van der Waals surface area contributed by atoms with Crippen LogP contribution in [0.25, 0.3) is 11.1 Å². The van der Waals surface area contributed by atoms with Crippen LogP contribution in [0.4, 0.5) is 13.2 Å². The number of hydrogen-bond donors (Lipinski definition) is 0. The number of alkyl halides is 3. The number of unbranched alkanes of at least 4 members (excludes halogenated alkanes) is 2. The Labute approximate surface area is 173 Å². The van der Waals surface area contributed by atoms with Crippen LogP contribution in [-0.2, 0) is 0 Å². The van der Waals surface area contributed by atoms with Crippen molar-refractivity contribution in [2.75, 3.05) is 0 Å². The summed E-state index contributed by atoms with van der Waals surface area (Å²) in [5.74, 6) is -1.81. The molecule has 0 saturated heterocycles. The minimum absolute atomic E-state index is 0.0218. The third-order valence-electron chi connectivity index (χ3n) is 6.43. The molecular weight excluding hydrogens is 369 g/mol. The first kappa shape index (κ1) is 21.9. The van der Waals surface area contributed by atoms with Gasteiger partial charge in [-0.05, 0) is 59.8 Å². The Bertz CT molecular complexity index is 735. The predicted molar refractivity (Wildman–Crippen MR) is 115 cm³/mol. The van der Waals surface area contributed by atoms with Crippen molar-refractivity contribution in [2.45, 2.75) is 83.2 Å². The van der Waals surface area contributed by atoms with Gasteiger partial charge in [0.2, 0.25) is 0 Å². The molecular formula is C26H33F3. The first-order chi connectivity index (χ1) is 13.9. The molecule has 0 radical (unpaired) electrons. The van der Waals surface area contributed by atoms with Gasteiger partial charge in [0.05, 0.1) is 0 Å². The topological polar surface area (TPSA) is 0 Å². The summed E-state index contributed by atoms with van der Waals surface area (Å²) in [4.78, 5) is 0. The molecule has 0 amide bonds. The fourth-order valence-electron chi connectivity index (χ4n) is 4.55. The van der Waals surface area contributed by atoms with Gasteiger partial charge in [-0.15, -0.1) is 0 Å². The molecule has 1 saturated carbocycles. The molecule has 1 unspecified atom stereocenters. The summed E-state index contributed by atoms with van der Waals surface area (Å²) in [5, 5.41) is 0. The van der Waals surface area contributed by atoms with E-state index in [9.17, 15) is 13.2 Å². The van der Waals surface area contributed by atoms with E-state index in [0.29, 0.717) is 12.8 Å². The molecule has 29 heavy (non-hydrogen) atoms. The van der Waals surface area contributed by atoms with Gasteiger partial charge in [0.15, 0.2) is 6.17 Å². The van der Waals surface area contributed by atoms with E-state index >= 15 is 0 Å². The van der Waals surface area contributed by atoms with Crippen molar-refractivity contribution < 1.29 is 13.2 Å². The summed E-state index contributed by atoms with van der Waals surface area (Å²) < 4.78 is 40.1. The Kier molecular flexibility index (Phi) is 7.43. The van der Waals surface area contributed by atoms with Crippen molar-refractivity contribution >= 4 is 0 Å². The average Bonchev–Trinajstić information content (AvgIpc) is 2.73. The molecule has 0 N–H and O–H groups in total. The Morgan fingerprint density at radius 3 is 1.93 bits per heavy atom. The Hall–Kier alpha value is -1.77. The zero-order valence-electron chi connectivity index (χ0n) is 17.6. The zero-order valence-corrected chi connectivity index (χ0v) is 17.6. The monoisotopic (exact) mass is 402 g/mol. The smallest absolute Gasteiger partial charge is 0.236 e. The second kappa shape index (κ2) is 9.82. The van der Waals surface area contributed by atoms with Crippen LogP contribution in [-0.4, -0.2) is 5.92 Å². The Morgan fingerprint density at radius 1 is 0.862 bits per heavy atom. The van der Waals surface area contributed by atoms with Gasteiger partial charge >= 0.3 is 0 Å². The molecule has 0 aliphatic heterocycles. The lowest BCUT2D eigenvalue weighted by atomic mass is 9.77. The van der Waals surface area contributed by atoms with Crippen molar-refractivity contribution in [2.24, 2.45) is 5.92 Å². The van der Waals surface area contributed by atoms with Gasteiger partial charge in [-0.3, -0.25) is 0 Å². The van der Waals surface area contributed by atoms with E-state index in [4.69, 9.17) is 0 Å². The second-order valence-corrected chi connectivity index (χ2v) is 8.78. The van der Waals surface area contributed by atoms with Crippen LogP contribution in [0.2, 0.25) is 0 Å². The lowest BCUT2D eigenvalue weighted by molar-refractivity contribution is -0.0566. The van der Waals surface area contributed by atoms with Gasteiger partial charge in [-0.1, -0.05) is 81.1 Å². The highest BCUT2D eigenvalue weighted by Gasteiger charge is 2.35. The Morgan fingerprint density at radius 2 is 1.41 bits per heavy atom. The molecule has 0 spiro atoms. The van der Waals surface area contributed by atoms with E-state index in [0.717, 1.165) is 17.0 Å². The largest absolute Gasteiger partial charge is 0.280 e. The standard InChI is InChI=1S/C26H33F3/c1-3-4-5-6-19-7-9-20(10-8-19)21-11-13-22(14-12-21)23-15-17-24(18-16-23)25(27)26(2,28)29/h11-20,25H,3-10H2,1-2H3/t19-,20-,25?. The molecule has 0 aromatic heterocycles. The normalized spacial score (nSPS) is 21.1. The number of benzene rings is 2. The van der Waals surface area contributed by atoms with Crippen LogP contribution in [0.5, 0.6) is 0 Å². The number of rotatable bonds is 8. The summed E-state index contributed by atoms with van der Waals surface area (Å²) in [7, 11) is 0. The second-order valence-electron chi connectivity index (χ2n) is 8.78. The summed E-state index contributed by atoms with van der Waals surface area (Å²) in [6.45, 7) is 2.87. The zero-order chi connectivity index (χ0) is 20.9. The highest BCUT2D eigenvalue weighted by Crippen LogP contribution is 2.39. The van der Waals surface area contributed by atoms with E-state index in [1.807, 2.05) is 0 Å². The third-order valence-corrected chi connectivity index (χ3v) is 6.43. The van der Waals surface area contributed by atoms with Crippen LogP contribution >= 0.6 is 0 Å². The Balaban J connectivity index is 1.58. The number of hydrogen-bond acceptors (Lipinski definition) is 0. The SMILES string of the molecule is CCCCC[C@H]1CC[C@H](c2ccc(-c3ccc(C(F)C(C)(F)F)cc3)cc2)CC1. The van der Waals surface area contributed by atoms with Gasteiger partial charge in [0.1, 0.15) is 0 Å². The molecule has 1 aliphatic rings. The maximum Gasteiger partial charge on any atom is 0.280 e. The molecule has 158 valence electrons. The molecule has 1 aliphatic carbocycles. The van der Waals surface area contributed by atoms with Gasteiger partial charge < -0.3 is 0 Å². The van der Waals surface area contributed by atoms with Crippen molar-refractivity contribution in [3.63, 3.8) is 0 Å². The molecule has 0 heterocycles. The molecule has 1 fully saturated rings. The van der Waals surface area contributed by atoms with E-state index < -0.39 is 12.1 Å². The van der Waals surface area contributed by atoms with Crippen LogP contribution < -0.4 is 0 Å². The quantitative estimate of drug-likeness (QED) is 0.387. The minimum atomic E-state index is -3.36. The molecule has 3 heteroatoms. The molecule has 1 atom stereocenters. The average molecular weight is 403 g/mol. The molecule has 0 nitrogen and oxygen atoms in total. The van der Waals surface area contributed by atoms with Crippen molar-refractivity contribution in [1.82, 2.24) is 0 Å². The molecule has 3 rings (SSSR count). The fourth-order valence-corrected chi connectivity index (χ4v) is 4.55. The van der Waals surface area contributed by atoms with E-state index in [2.05, 4.69) is 31.2 Å². The lowest BCUT2D eigenvalue weighted by Gasteiger charge is -2.29. The first-order valence-corrected chi connectivity index (χ1v) is 11.1. The van der Waals surface area contributed by atoms with Gasteiger partial charge in [0.25, 0.3) is 5.92 Å². The van der Waals surface area contributed by atoms with Crippen molar-refractivity contribution in [3.05, 3.63) is 59.7 Å². The minimum Gasteiger partial charge on any atom is -0.236 e. The fraction of sp³-hybridized carbons (Fsp3) is 0.538. The molecule has 2 aromatic carbocycles. The van der Waals surface area contributed by atoms with Crippen LogP contribution in [0.15, 0.2) is 48.5 Å². The van der Waals surface area contributed by atoms with Gasteiger partial charge in [0, 0.05) is 6.92 Å². The predicted octanol–water partition coefficient (Wildman–Crippen LogP) is 8.87. The van der Waals surface area contributed by atoms with E-state index in [-0.39, 0.29) is 5.56 Å². The van der Waals surface area contributed by atoms with Gasteiger partial charge in [-0.2, -0.15) is 0 Å². The molecule has 2 aromatic rings. The maximum absolute atomic E-state index is 13.8. The summed E-state index contributed by atoms with van der Waals surface area (Å²) in [6.07, 6.45) is 8.36. The van der Waals surface area contributed by atoms with Crippen LogP contribution in [0, 0.1) is 5.92 Å². The summed E-state index contributed by atoms with van der Waals surface area (Å²) in [6, 6.07) is 15.0. The first-order valence-electron chi connectivity index (χ1n) is 11.1. The third kappa shape index (κ3) is 5.87.